The van der Waals surface area contributed by atoms with Crippen molar-refractivity contribution in [3.8, 4) is 11.5 Å². The molecule has 8 aromatic rings. The summed E-state index contributed by atoms with van der Waals surface area (Å²) in [4.78, 5) is 0. The maximum absolute atomic E-state index is 10.3. The van der Waals surface area contributed by atoms with Gasteiger partial charge in [0, 0.05) is 7.26 Å². The molecule has 0 fully saturated rings. The molecule has 0 amide bonds. The summed E-state index contributed by atoms with van der Waals surface area (Å²) >= 11 is 0. The highest BCUT2D eigenvalue weighted by molar-refractivity contribution is 8.01. The van der Waals surface area contributed by atoms with E-state index in [9.17, 15) is 10.2 Å². The molecule has 0 radical (unpaired) electrons. The molecule has 0 atom stereocenters. The van der Waals surface area contributed by atoms with Crippen LogP contribution < -0.4 is 31.4 Å². The first-order valence-electron chi connectivity index (χ1n) is 23.6. The van der Waals surface area contributed by atoms with E-state index in [1.807, 2.05) is 18.2 Å². The van der Waals surface area contributed by atoms with Gasteiger partial charge in [-0.3, -0.25) is 0 Å². The van der Waals surface area contributed by atoms with E-state index in [-0.39, 0.29) is 11.5 Å². The molecule has 0 aliphatic rings. The second kappa shape index (κ2) is 28.3. The van der Waals surface area contributed by atoms with Gasteiger partial charge in [-0.05, 0) is 98.7 Å². The van der Waals surface area contributed by atoms with Gasteiger partial charge >= 0.3 is 0 Å². The fourth-order valence-corrected chi connectivity index (χ4v) is 17.8. The van der Waals surface area contributed by atoms with Gasteiger partial charge in [0.25, 0.3) is 0 Å². The fraction of sp³-hybridized carbons (Fsp3) is 0.276. The molecule has 65 heavy (non-hydrogen) atoms. The molecule has 0 spiro atoms. The van der Waals surface area contributed by atoms with E-state index in [4.69, 9.17) is 0 Å². The average Bonchev–Trinajstić information content (AvgIpc) is 3.86. The van der Waals surface area contributed by atoms with Crippen molar-refractivity contribution in [2.75, 3.05) is 24.6 Å². The molecular formula is C58H69N3O2P2. The van der Waals surface area contributed by atoms with E-state index in [2.05, 4.69) is 170 Å². The lowest BCUT2D eigenvalue weighted by Gasteiger charge is -2.28. The second-order valence-electron chi connectivity index (χ2n) is 16.5. The first-order chi connectivity index (χ1) is 32.0. The third-order valence-corrected chi connectivity index (χ3v) is 21.1. The molecule has 1 aromatic heterocycles. The highest BCUT2D eigenvalue weighted by Gasteiger charge is 2.47. The molecule has 7 heteroatoms. The minimum atomic E-state index is -1.91. The van der Waals surface area contributed by atoms with Crippen LogP contribution in [0.15, 0.2) is 200 Å². The molecule has 0 bridgehead atoms. The average molecular weight is 902 g/mol. The Morgan fingerprint density at radius 3 is 1.08 bits per heavy atom. The van der Waals surface area contributed by atoms with Crippen LogP contribution >= 0.6 is 14.5 Å². The Kier molecular flexibility index (Phi) is 22.0. The van der Waals surface area contributed by atoms with Crippen molar-refractivity contribution in [3.63, 3.8) is 0 Å². The van der Waals surface area contributed by atoms with Crippen LogP contribution in [0, 0.1) is 0 Å². The molecule has 5 nitrogen and oxygen atoms in total. The van der Waals surface area contributed by atoms with Crippen molar-refractivity contribution in [2.24, 2.45) is 0 Å². The van der Waals surface area contributed by atoms with Crippen LogP contribution in [0.2, 0.25) is 0 Å². The van der Waals surface area contributed by atoms with Crippen molar-refractivity contribution < 1.29 is 10.2 Å². The van der Waals surface area contributed by atoms with Crippen molar-refractivity contribution in [1.29, 1.82) is 0 Å². The number of para-hydroxylation sites is 3. The van der Waals surface area contributed by atoms with Crippen molar-refractivity contribution in [1.82, 2.24) is 15.4 Å². The summed E-state index contributed by atoms with van der Waals surface area (Å²) in [6.07, 6.45) is 18.4. The van der Waals surface area contributed by atoms with Gasteiger partial charge in [-0.2, -0.15) is 15.4 Å². The Morgan fingerprint density at radius 1 is 0.385 bits per heavy atom. The summed E-state index contributed by atoms with van der Waals surface area (Å²) in [5.74, 6) is 0.144. The Balaban J connectivity index is 0.000000188. The molecule has 0 aliphatic heterocycles. The van der Waals surface area contributed by atoms with Crippen LogP contribution in [-0.4, -0.2) is 40.1 Å². The van der Waals surface area contributed by atoms with E-state index in [1.165, 1.54) is 109 Å². The Morgan fingerprint density at radius 2 is 0.738 bits per heavy atom. The number of unbranched alkanes of at least 4 members (excludes halogenated alkanes) is 4. The predicted molar refractivity (Wildman–Crippen MR) is 281 cm³/mol. The van der Waals surface area contributed by atoms with E-state index in [0.29, 0.717) is 0 Å². The quantitative estimate of drug-likeness (QED) is 0.0686. The molecule has 1 heterocycles. The molecule has 0 saturated carbocycles. The molecule has 0 unspecified atom stereocenters. The van der Waals surface area contributed by atoms with Crippen molar-refractivity contribution in [3.05, 3.63) is 206 Å². The third-order valence-electron chi connectivity index (χ3n) is 11.8. The maximum atomic E-state index is 10.3. The highest BCUT2D eigenvalue weighted by Crippen LogP contribution is 2.61. The number of rotatable bonds is 18. The number of aromatic amines is 1. The number of hydrogen-bond acceptors (Lipinski definition) is 4. The van der Waals surface area contributed by atoms with Gasteiger partial charge in [0.1, 0.15) is 39.5 Å². The third kappa shape index (κ3) is 15.5. The van der Waals surface area contributed by atoms with Gasteiger partial charge in [-0.1, -0.05) is 186 Å². The van der Waals surface area contributed by atoms with Crippen LogP contribution in [0.4, 0.5) is 0 Å². The first kappa shape index (κ1) is 50.4. The number of H-pyrrole nitrogens is 1. The monoisotopic (exact) mass is 901 g/mol. The summed E-state index contributed by atoms with van der Waals surface area (Å²) in [5.41, 5.74) is 3.42. The first-order valence-corrected chi connectivity index (χ1v) is 28.0. The van der Waals surface area contributed by atoms with Crippen LogP contribution in [0.25, 0.3) is 11.0 Å². The zero-order valence-corrected chi connectivity index (χ0v) is 40.6. The number of nitrogens with one attached hydrogen (secondary N) is 1. The second-order valence-corrected chi connectivity index (χ2v) is 24.4. The van der Waals surface area contributed by atoms with Gasteiger partial charge < -0.3 is 10.2 Å². The normalized spacial score (nSPS) is 11.0. The Bertz CT molecular complexity index is 2200. The molecule has 7 aromatic carbocycles. The van der Waals surface area contributed by atoms with Crippen LogP contribution in [0.5, 0.6) is 11.5 Å². The van der Waals surface area contributed by atoms with Gasteiger partial charge in [-0.15, -0.1) is 11.5 Å². The minimum Gasteiger partial charge on any atom is -0.872 e. The summed E-state index contributed by atoms with van der Waals surface area (Å²) in [5, 5.41) is 37.4. The van der Waals surface area contributed by atoms with E-state index in [0.717, 1.165) is 17.5 Å². The van der Waals surface area contributed by atoms with Gasteiger partial charge in [0.15, 0.2) is 0 Å². The summed E-state index contributed by atoms with van der Waals surface area (Å²) < 4.78 is 0. The van der Waals surface area contributed by atoms with Crippen LogP contribution in [0.3, 0.4) is 0 Å². The van der Waals surface area contributed by atoms with Gasteiger partial charge in [0.2, 0.25) is 0 Å². The smallest absolute Gasteiger partial charge is 0.144 e. The predicted octanol–water partition coefficient (Wildman–Crippen LogP) is 12.5. The number of aryl methyl sites for hydroxylation is 1. The fourth-order valence-electron chi connectivity index (χ4n) is 8.38. The van der Waals surface area contributed by atoms with Crippen molar-refractivity contribution >= 4 is 46.8 Å². The number of fused-ring (bicyclic) bond motifs is 1. The van der Waals surface area contributed by atoms with Crippen LogP contribution in [0.1, 0.15) is 77.7 Å². The molecule has 0 aliphatic carbocycles. The zero-order chi connectivity index (χ0) is 45.8. The highest BCUT2D eigenvalue weighted by atomic mass is 31.2. The zero-order valence-electron chi connectivity index (χ0n) is 38.9. The largest absolute Gasteiger partial charge is 0.872 e. The van der Waals surface area contributed by atoms with Crippen molar-refractivity contribution in [2.45, 2.75) is 78.6 Å². The number of hydrogen-bond donors (Lipinski definition) is 1. The lowest BCUT2D eigenvalue weighted by molar-refractivity contribution is -0.269. The van der Waals surface area contributed by atoms with Crippen LogP contribution in [-0.2, 0) is 6.42 Å². The number of nitrogens with zero attached hydrogens (tertiary/aromatic N) is 2. The SMILES string of the molecule is CCCC[P+](CCCC)(CCCC)CCCCc1cccc2n[nH]nc12.[O-]c1ccccc1.[O-]c1ccccc1.c1ccc([P+](c2ccccc2)(c2ccccc2)c2ccccc2)cc1. The lowest BCUT2D eigenvalue weighted by Crippen LogP contribution is -2.38. The number of aromatic nitrogens is 3. The molecule has 338 valence electrons. The number of benzene rings is 7. The van der Waals surface area contributed by atoms with Gasteiger partial charge in [0.05, 0.1) is 24.6 Å². The minimum absolute atomic E-state index is 0.0718. The van der Waals surface area contributed by atoms with E-state index >= 15 is 0 Å². The van der Waals surface area contributed by atoms with E-state index < -0.39 is 14.5 Å². The summed E-state index contributed by atoms with van der Waals surface area (Å²) in [6.45, 7) is 7.06. The molecule has 8 rings (SSSR count). The van der Waals surface area contributed by atoms with Gasteiger partial charge in [-0.25, -0.2) is 0 Å². The lowest BCUT2D eigenvalue weighted by atomic mass is 10.1. The standard InChI is InChI=1S/C24H20P.C22H39N3P.2C6H6O/c1-5-13-21(14-6-1)25(22-15-7-2-8-16-22,23-17-9-3-10-18-23)24-19-11-4-12-20-24;1-4-7-16-26(17-8-5-2,18-9-6-3)19-11-10-13-20-14-12-15-21-22(20)24-25-23-21;2*7-6-4-2-1-3-5-6/h1-20H;12,14-15H,4-11,13,16-19H2,1-3H3,(H,23,24,25);2*1-5,7H/q2*+1;;/p-2. The topological polar surface area (TPSA) is 87.7 Å². The molecular weight excluding hydrogens is 833 g/mol. The summed E-state index contributed by atoms with van der Waals surface area (Å²) in [6, 6.07) is 66.9. The van der Waals surface area contributed by atoms with E-state index in [1.54, 1.807) is 42.8 Å². The molecule has 1 N–H and O–H groups in total. The summed E-state index contributed by atoms with van der Waals surface area (Å²) in [7, 11) is -2.64. The Hall–Kier alpha value is -5.60. The maximum Gasteiger partial charge on any atom is 0.144 e. The molecule has 0 saturated heterocycles. The Labute approximate surface area is 391 Å².